The molecule has 0 saturated heterocycles. The van der Waals surface area contributed by atoms with Crippen molar-refractivity contribution in [3.8, 4) is 0 Å². The Kier molecular flexibility index (Phi) is 8.09. The van der Waals surface area contributed by atoms with Crippen molar-refractivity contribution in [2.45, 2.75) is 34.6 Å². The number of esters is 1. The maximum absolute atomic E-state index is 11.9. The molecule has 0 fully saturated rings. The largest absolute Gasteiger partial charge is 0.478 e. The highest BCUT2D eigenvalue weighted by molar-refractivity contribution is 6.06. The van der Waals surface area contributed by atoms with E-state index in [1.165, 1.54) is 6.08 Å². The fourth-order valence-electron chi connectivity index (χ4n) is 4.00. The lowest BCUT2D eigenvalue weighted by atomic mass is 9.91. The number of carbonyl (C=O) groups excluding carboxylic acids is 3. The third-order valence-electron chi connectivity index (χ3n) is 6.20. The second kappa shape index (κ2) is 11.0. The molecule has 4 rings (SSSR count). The third-order valence-corrected chi connectivity index (χ3v) is 6.20. The van der Waals surface area contributed by atoms with Gasteiger partial charge in [0.15, 0.2) is 0 Å². The Labute approximate surface area is 210 Å². The van der Waals surface area contributed by atoms with Crippen LogP contribution < -0.4 is 10.6 Å². The van der Waals surface area contributed by atoms with Gasteiger partial charge in [0.1, 0.15) is 0 Å². The highest BCUT2D eigenvalue weighted by Crippen LogP contribution is 2.27. The summed E-state index contributed by atoms with van der Waals surface area (Å²) in [6, 6.07) is 7.49. The molecule has 0 aromatic heterocycles. The normalized spacial score (nSPS) is 16.2. The minimum Gasteiger partial charge on any atom is -0.478 e. The predicted molar refractivity (Wildman–Crippen MR) is 137 cm³/mol. The van der Waals surface area contributed by atoms with Crippen LogP contribution >= 0.6 is 0 Å². The minimum atomic E-state index is -1.000. The topological polar surface area (TPSA) is 122 Å². The van der Waals surface area contributed by atoms with Crippen LogP contribution in [0.2, 0.25) is 0 Å². The van der Waals surface area contributed by atoms with Crippen molar-refractivity contribution in [3.05, 3.63) is 80.9 Å². The summed E-state index contributed by atoms with van der Waals surface area (Å²) in [5.41, 5.74) is 8.36. The Morgan fingerprint density at radius 1 is 0.778 bits per heavy atom. The maximum Gasteiger partial charge on any atom is 0.331 e. The third kappa shape index (κ3) is 5.89. The highest BCUT2D eigenvalue weighted by Gasteiger charge is 2.23. The fraction of sp³-hybridized carbons (Fsp3) is 0.286. The zero-order chi connectivity index (χ0) is 26.6. The van der Waals surface area contributed by atoms with Crippen LogP contribution in [-0.2, 0) is 14.3 Å². The average Bonchev–Trinajstić information content (AvgIpc) is 2.81. The summed E-state index contributed by atoms with van der Waals surface area (Å²) in [5, 5.41) is 14.2. The van der Waals surface area contributed by atoms with Gasteiger partial charge in [0, 0.05) is 36.4 Å². The van der Waals surface area contributed by atoms with Gasteiger partial charge >= 0.3 is 11.9 Å². The Balaban J connectivity index is 0.000000202. The molecule has 2 amide bonds. The lowest BCUT2D eigenvalue weighted by molar-refractivity contribution is -0.137. The molecule has 8 heteroatoms. The van der Waals surface area contributed by atoms with Gasteiger partial charge in [-0.2, -0.15) is 0 Å². The van der Waals surface area contributed by atoms with Crippen molar-refractivity contribution in [2.75, 3.05) is 19.7 Å². The van der Waals surface area contributed by atoms with E-state index in [4.69, 9.17) is 9.84 Å². The van der Waals surface area contributed by atoms with Gasteiger partial charge in [0.05, 0.1) is 6.61 Å². The average molecular weight is 491 g/mol. The number of rotatable bonds is 3. The number of ether oxygens (including phenoxy) is 1. The van der Waals surface area contributed by atoms with E-state index in [1.54, 1.807) is 13.0 Å². The second-order valence-corrected chi connectivity index (χ2v) is 8.76. The zero-order valence-corrected chi connectivity index (χ0v) is 21.1. The van der Waals surface area contributed by atoms with Crippen LogP contribution in [0.3, 0.4) is 0 Å². The summed E-state index contributed by atoms with van der Waals surface area (Å²) in [5.74, 6) is -1.62. The molecule has 0 bridgehead atoms. The van der Waals surface area contributed by atoms with Crippen molar-refractivity contribution in [1.29, 1.82) is 0 Å². The Hall–Kier alpha value is -4.20. The molecule has 188 valence electrons. The van der Waals surface area contributed by atoms with E-state index in [-0.39, 0.29) is 24.3 Å². The Bertz CT molecular complexity index is 1320. The van der Waals surface area contributed by atoms with Gasteiger partial charge in [-0.25, -0.2) is 9.59 Å². The fourth-order valence-corrected chi connectivity index (χ4v) is 4.00. The first-order chi connectivity index (χ1) is 17.0. The van der Waals surface area contributed by atoms with Crippen LogP contribution in [-0.4, -0.2) is 48.6 Å². The summed E-state index contributed by atoms with van der Waals surface area (Å²) in [6.07, 6.45) is 2.60. The molecular weight excluding hydrogens is 460 g/mol. The van der Waals surface area contributed by atoms with Gasteiger partial charge in [0.2, 0.25) is 0 Å². The first-order valence-electron chi connectivity index (χ1n) is 11.6. The van der Waals surface area contributed by atoms with Crippen LogP contribution in [0.4, 0.5) is 0 Å². The number of nitrogens with one attached hydrogen (secondary N) is 2. The molecule has 0 saturated carbocycles. The standard InChI is InChI=1S/C15H17NO3.C13H13NO3/c1-4-19-14(17)7-11-8-16-15(18)13-6-10(3)9(2)5-12(11)13;1-7-3-10-9(5-12(15)16)6-14-13(17)11(10)4-8(7)2/h5-7H,4,8H2,1-3H3,(H,16,18);3-5H,6H2,1-2H3,(H,14,17)(H,15,16)/b11-7+;9-5+. The number of carboxylic acids is 1. The molecule has 8 nitrogen and oxygen atoms in total. The molecule has 2 aliphatic rings. The van der Waals surface area contributed by atoms with Gasteiger partial charge in [-0.15, -0.1) is 0 Å². The summed E-state index contributed by atoms with van der Waals surface area (Å²) in [4.78, 5) is 45.8. The van der Waals surface area contributed by atoms with Gasteiger partial charge < -0.3 is 20.5 Å². The van der Waals surface area contributed by atoms with Crippen molar-refractivity contribution >= 4 is 34.9 Å². The molecule has 0 unspecified atom stereocenters. The quantitative estimate of drug-likeness (QED) is 0.447. The van der Waals surface area contributed by atoms with Crippen molar-refractivity contribution < 1.29 is 29.0 Å². The number of benzene rings is 2. The van der Waals surface area contributed by atoms with Gasteiger partial charge in [-0.1, -0.05) is 12.1 Å². The lowest BCUT2D eigenvalue weighted by Crippen LogP contribution is -2.31. The number of aryl methyl sites for hydroxylation is 4. The van der Waals surface area contributed by atoms with Crippen LogP contribution in [0.5, 0.6) is 0 Å². The summed E-state index contributed by atoms with van der Waals surface area (Å²) < 4.78 is 4.91. The van der Waals surface area contributed by atoms with Crippen LogP contribution in [0, 0.1) is 27.7 Å². The maximum atomic E-state index is 11.9. The van der Waals surface area contributed by atoms with Crippen LogP contribution in [0.25, 0.3) is 11.1 Å². The molecule has 2 aromatic carbocycles. The SMILES string of the molecule is CCOC(=O)/C=C1\CNC(=O)c2cc(C)c(C)cc21.Cc1cc2c(cc1C)/C(=C/C(=O)O)CNC2=O. The van der Waals surface area contributed by atoms with E-state index in [0.29, 0.717) is 29.9 Å². The highest BCUT2D eigenvalue weighted by atomic mass is 16.5. The second-order valence-electron chi connectivity index (χ2n) is 8.76. The van der Waals surface area contributed by atoms with Crippen molar-refractivity contribution in [2.24, 2.45) is 0 Å². The molecule has 0 atom stereocenters. The Morgan fingerprint density at radius 2 is 1.17 bits per heavy atom. The van der Waals surface area contributed by atoms with Crippen LogP contribution in [0.15, 0.2) is 36.4 Å². The van der Waals surface area contributed by atoms with Gasteiger partial charge in [-0.05, 0) is 91.3 Å². The molecule has 3 N–H and O–H groups in total. The van der Waals surface area contributed by atoms with Crippen LogP contribution in [0.1, 0.15) is 61.0 Å². The number of fused-ring (bicyclic) bond motifs is 2. The zero-order valence-electron chi connectivity index (χ0n) is 21.1. The van der Waals surface area contributed by atoms with Crippen molar-refractivity contribution in [3.63, 3.8) is 0 Å². The number of hydrogen-bond donors (Lipinski definition) is 3. The van der Waals surface area contributed by atoms with Crippen molar-refractivity contribution in [1.82, 2.24) is 10.6 Å². The van der Waals surface area contributed by atoms with E-state index in [2.05, 4.69) is 10.6 Å². The molecule has 2 heterocycles. The summed E-state index contributed by atoms with van der Waals surface area (Å²) in [6.45, 7) is 10.6. The Morgan fingerprint density at radius 3 is 1.56 bits per heavy atom. The minimum absolute atomic E-state index is 0.0980. The first kappa shape index (κ1) is 26.4. The number of carboxylic acid groups (broad SMARTS) is 1. The molecular formula is C28H30N2O6. The molecule has 0 radical (unpaired) electrons. The number of aliphatic carboxylic acids is 1. The number of hydrogen-bond acceptors (Lipinski definition) is 5. The number of amides is 2. The van der Waals surface area contributed by atoms with E-state index in [0.717, 1.165) is 45.0 Å². The van der Waals surface area contributed by atoms with Gasteiger partial charge in [-0.3, -0.25) is 9.59 Å². The molecule has 2 aromatic rings. The molecule has 2 aliphatic heterocycles. The van der Waals surface area contributed by atoms with Gasteiger partial charge in [0.25, 0.3) is 11.8 Å². The molecule has 0 aliphatic carbocycles. The lowest BCUT2D eigenvalue weighted by Gasteiger charge is -2.21. The predicted octanol–water partition coefficient (Wildman–Crippen LogP) is 3.51. The molecule has 0 spiro atoms. The van der Waals surface area contributed by atoms with E-state index in [9.17, 15) is 19.2 Å². The number of carbonyl (C=O) groups is 4. The smallest absolute Gasteiger partial charge is 0.331 e. The van der Waals surface area contributed by atoms with E-state index < -0.39 is 5.97 Å². The summed E-state index contributed by atoms with van der Waals surface area (Å²) in [7, 11) is 0. The monoisotopic (exact) mass is 490 g/mol. The van der Waals surface area contributed by atoms with E-state index >= 15 is 0 Å². The summed E-state index contributed by atoms with van der Waals surface area (Å²) >= 11 is 0. The van der Waals surface area contributed by atoms with E-state index in [1.807, 2.05) is 45.9 Å². The first-order valence-corrected chi connectivity index (χ1v) is 11.6. The molecule has 36 heavy (non-hydrogen) atoms.